The van der Waals surface area contributed by atoms with Crippen LogP contribution in [0.4, 0.5) is 5.82 Å². The molecule has 1 saturated heterocycles. The summed E-state index contributed by atoms with van der Waals surface area (Å²) in [6.07, 6.45) is 2.82. The quantitative estimate of drug-likeness (QED) is 0.755. The second-order valence-corrected chi connectivity index (χ2v) is 3.63. The minimum Gasteiger partial charge on any atom is -0.366 e. The lowest BCUT2D eigenvalue weighted by molar-refractivity contribution is 0.788. The second kappa shape index (κ2) is 3.94. The van der Waals surface area contributed by atoms with Gasteiger partial charge in [-0.3, -0.25) is 0 Å². The predicted octanol–water partition coefficient (Wildman–Crippen LogP) is 1.51. The van der Waals surface area contributed by atoms with Crippen LogP contribution in [0.1, 0.15) is 6.42 Å². The van der Waals surface area contributed by atoms with Gasteiger partial charge in [-0.1, -0.05) is 11.6 Å². The SMILES string of the molecule is Clc1ccc(N[C@@H]2CCNC2)nc1. The van der Waals surface area contributed by atoms with E-state index < -0.39 is 0 Å². The van der Waals surface area contributed by atoms with Gasteiger partial charge in [-0.15, -0.1) is 0 Å². The van der Waals surface area contributed by atoms with Crippen molar-refractivity contribution in [2.75, 3.05) is 18.4 Å². The standard InChI is InChI=1S/C9H12ClN3/c10-7-1-2-9(12-5-7)13-8-3-4-11-6-8/h1-2,5,8,11H,3-4,6H2,(H,12,13)/t8-/m1/s1. The molecule has 1 aromatic heterocycles. The molecule has 13 heavy (non-hydrogen) atoms. The molecule has 3 nitrogen and oxygen atoms in total. The molecule has 0 saturated carbocycles. The van der Waals surface area contributed by atoms with E-state index in [1.54, 1.807) is 6.20 Å². The Balaban J connectivity index is 1.97. The van der Waals surface area contributed by atoms with Crippen molar-refractivity contribution in [2.45, 2.75) is 12.5 Å². The van der Waals surface area contributed by atoms with Crippen molar-refractivity contribution in [3.63, 3.8) is 0 Å². The van der Waals surface area contributed by atoms with E-state index in [1.165, 1.54) is 0 Å². The van der Waals surface area contributed by atoms with E-state index in [0.29, 0.717) is 11.1 Å². The number of anilines is 1. The van der Waals surface area contributed by atoms with Crippen LogP contribution in [-0.4, -0.2) is 24.1 Å². The van der Waals surface area contributed by atoms with Crippen LogP contribution in [0.5, 0.6) is 0 Å². The molecule has 0 bridgehead atoms. The molecule has 1 aliphatic rings. The normalized spacial score (nSPS) is 21.8. The molecule has 1 aromatic rings. The Kier molecular flexibility index (Phi) is 2.66. The van der Waals surface area contributed by atoms with Gasteiger partial charge in [-0.2, -0.15) is 0 Å². The number of halogens is 1. The van der Waals surface area contributed by atoms with Crippen LogP contribution in [0.2, 0.25) is 5.02 Å². The highest BCUT2D eigenvalue weighted by Gasteiger charge is 2.13. The van der Waals surface area contributed by atoms with Gasteiger partial charge >= 0.3 is 0 Å². The van der Waals surface area contributed by atoms with E-state index >= 15 is 0 Å². The zero-order valence-corrected chi connectivity index (χ0v) is 8.01. The number of rotatable bonds is 2. The topological polar surface area (TPSA) is 37.0 Å². The summed E-state index contributed by atoms with van der Waals surface area (Å²) in [6, 6.07) is 4.26. The van der Waals surface area contributed by atoms with Gasteiger partial charge < -0.3 is 10.6 Å². The molecule has 4 heteroatoms. The summed E-state index contributed by atoms with van der Waals surface area (Å²) in [5.74, 6) is 0.901. The molecule has 1 fully saturated rings. The van der Waals surface area contributed by atoms with Crippen LogP contribution in [0.25, 0.3) is 0 Å². The molecule has 0 amide bonds. The van der Waals surface area contributed by atoms with Crippen molar-refractivity contribution < 1.29 is 0 Å². The highest BCUT2D eigenvalue weighted by Crippen LogP contribution is 2.12. The van der Waals surface area contributed by atoms with Gasteiger partial charge in [0.15, 0.2) is 0 Å². The number of nitrogens with zero attached hydrogens (tertiary/aromatic N) is 1. The first kappa shape index (κ1) is 8.78. The number of hydrogen-bond acceptors (Lipinski definition) is 3. The minimum absolute atomic E-state index is 0.508. The molecular weight excluding hydrogens is 186 g/mol. The van der Waals surface area contributed by atoms with Gasteiger partial charge in [0.05, 0.1) is 5.02 Å². The highest BCUT2D eigenvalue weighted by atomic mass is 35.5. The lowest BCUT2D eigenvalue weighted by atomic mass is 10.2. The number of pyridine rings is 1. The fourth-order valence-electron chi connectivity index (χ4n) is 1.45. The van der Waals surface area contributed by atoms with E-state index in [-0.39, 0.29) is 0 Å². The van der Waals surface area contributed by atoms with E-state index in [0.717, 1.165) is 25.3 Å². The first-order valence-corrected chi connectivity index (χ1v) is 4.81. The predicted molar refractivity (Wildman–Crippen MR) is 54.1 cm³/mol. The largest absolute Gasteiger partial charge is 0.366 e. The number of aromatic nitrogens is 1. The molecule has 0 aromatic carbocycles. The van der Waals surface area contributed by atoms with Crippen molar-refractivity contribution in [1.82, 2.24) is 10.3 Å². The molecular formula is C9H12ClN3. The van der Waals surface area contributed by atoms with Gasteiger partial charge in [0.25, 0.3) is 0 Å². The first-order valence-electron chi connectivity index (χ1n) is 4.43. The molecule has 0 aliphatic carbocycles. The summed E-state index contributed by atoms with van der Waals surface area (Å²) >= 11 is 5.73. The third-order valence-electron chi connectivity index (χ3n) is 2.14. The average molecular weight is 198 g/mol. The lowest BCUT2D eigenvalue weighted by Gasteiger charge is -2.11. The Morgan fingerprint density at radius 2 is 2.46 bits per heavy atom. The Morgan fingerprint density at radius 1 is 1.54 bits per heavy atom. The average Bonchev–Trinajstić information content (AvgIpc) is 2.62. The fraction of sp³-hybridized carbons (Fsp3) is 0.444. The van der Waals surface area contributed by atoms with E-state index in [2.05, 4.69) is 15.6 Å². The molecule has 1 aliphatic heterocycles. The van der Waals surface area contributed by atoms with E-state index in [9.17, 15) is 0 Å². The monoisotopic (exact) mass is 197 g/mol. The van der Waals surface area contributed by atoms with Gasteiger partial charge in [0.2, 0.25) is 0 Å². The van der Waals surface area contributed by atoms with Gasteiger partial charge in [0, 0.05) is 18.8 Å². The Morgan fingerprint density at radius 3 is 3.08 bits per heavy atom. The summed E-state index contributed by atoms with van der Waals surface area (Å²) in [6.45, 7) is 2.11. The van der Waals surface area contributed by atoms with Crippen molar-refractivity contribution >= 4 is 17.4 Å². The van der Waals surface area contributed by atoms with Crippen molar-refractivity contribution in [3.8, 4) is 0 Å². The van der Waals surface area contributed by atoms with Crippen LogP contribution < -0.4 is 10.6 Å². The zero-order chi connectivity index (χ0) is 9.10. The molecule has 2 N–H and O–H groups in total. The summed E-state index contributed by atoms with van der Waals surface area (Å²) in [5, 5.41) is 7.30. The van der Waals surface area contributed by atoms with Crippen LogP contribution in [-0.2, 0) is 0 Å². The van der Waals surface area contributed by atoms with Crippen LogP contribution in [0.3, 0.4) is 0 Å². The zero-order valence-electron chi connectivity index (χ0n) is 7.26. The lowest BCUT2D eigenvalue weighted by Crippen LogP contribution is -2.22. The Bertz CT molecular complexity index is 267. The third-order valence-corrected chi connectivity index (χ3v) is 2.36. The summed E-state index contributed by atoms with van der Waals surface area (Å²) in [7, 11) is 0. The van der Waals surface area contributed by atoms with Gasteiger partial charge in [-0.25, -0.2) is 4.98 Å². The van der Waals surface area contributed by atoms with E-state index in [1.807, 2.05) is 12.1 Å². The van der Waals surface area contributed by atoms with Crippen molar-refractivity contribution in [1.29, 1.82) is 0 Å². The summed E-state index contributed by atoms with van der Waals surface area (Å²) in [4.78, 5) is 4.17. The maximum Gasteiger partial charge on any atom is 0.126 e. The van der Waals surface area contributed by atoms with Gasteiger partial charge in [-0.05, 0) is 25.1 Å². The highest BCUT2D eigenvalue weighted by molar-refractivity contribution is 6.30. The maximum atomic E-state index is 5.73. The molecule has 2 rings (SSSR count). The van der Waals surface area contributed by atoms with Crippen LogP contribution >= 0.6 is 11.6 Å². The first-order chi connectivity index (χ1) is 6.34. The van der Waals surface area contributed by atoms with E-state index in [4.69, 9.17) is 11.6 Å². The molecule has 0 spiro atoms. The molecule has 70 valence electrons. The fourth-order valence-corrected chi connectivity index (χ4v) is 1.56. The molecule has 0 radical (unpaired) electrons. The summed E-state index contributed by atoms with van der Waals surface area (Å²) in [5.41, 5.74) is 0. The molecule has 0 unspecified atom stereocenters. The third kappa shape index (κ3) is 2.32. The summed E-state index contributed by atoms with van der Waals surface area (Å²) < 4.78 is 0. The smallest absolute Gasteiger partial charge is 0.126 e. The number of nitrogens with one attached hydrogen (secondary N) is 2. The maximum absolute atomic E-state index is 5.73. The number of hydrogen-bond donors (Lipinski definition) is 2. The molecule has 1 atom stereocenters. The Labute approximate surface area is 82.5 Å². The van der Waals surface area contributed by atoms with Crippen LogP contribution in [0.15, 0.2) is 18.3 Å². The minimum atomic E-state index is 0.508. The molecule has 2 heterocycles. The Hall–Kier alpha value is -0.800. The van der Waals surface area contributed by atoms with Crippen molar-refractivity contribution in [3.05, 3.63) is 23.4 Å². The van der Waals surface area contributed by atoms with Crippen molar-refractivity contribution in [2.24, 2.45) is 0 Å². The van der Waals surface area contributed by atoms with Gasteiger partial charge in [0.1, 0.15) is 5.82 Å². The second-order valence-electron chi connectivity index (χ2n) is 3.20. The van der Waals surface area contributed by atoms with Crippen LogP contribution in [0, 0.1) is 0 Å².